The molecule has 32 heavy (non-hydrogen) atoms. The van der Waals surface area contributed by atoms with E-state index in [4.69, 9.17) is 11.6 Å². The molecule has 6 nitrogen and oxygen atoms in total. The van der Waals surface area contributed by atoms with Crippen molar-refractivity contribution in [2.75, 3.05) is 10.6 Å². The molecule has 4 aromatic rings. The zero-order valence-electron chi connectivity index (χ0n) is 16.1. The fourth-order valence-corrected chi connectivity index (χ4v) is 3.33. The van der Waals surface area contributed by atoms with Crippen molar-refractivity contribution in [1.82, 2.24) is 9.97 Å². The maximum absolute atomic E-state index is 13.0. The highest BCUT2D eigenvalue weighted by Gasteiger charge is 2.33. The number of hydrogen-bond acceptors (Lipinski definition) is 3. The summed E-state index contributed by atoms with van der Waals surface area (Å²) in [7, 11) is 0. The lowest BCUT2D eigenvalue weighted by atomic mass is 10.0. The normalized spacial score (nSPS) is 11.4. The van der Waals surface area contributed by atoms with Gasteiger partial charge in [0.25, 0.3) is 5.56 Å². The first-order chi connectivity index (χ1) is 15.2. The number of carbonyl (C=O) groups excluding carboxylic acids is 1. The average molecular weight is 459 g/mol. The number of alkyl halides is 3. The van der Waals surface area contributed by atoms with Gasteiger partial charge in [0.1, 0.15) is 0 Å². The molecule has 0 unspecified atom stereocenters. The van der Waals surface area contributed by atoms with E-state index in [1.807, 2.05) is 0 Å². The Morgan fingerprint density at radius 2 is 1.56 bits per heavy atom. The summed E-state index contributed by atoms with van der Waals surface area (Å²) in [6.45, 7) is 0. The molecular formula is C22H14ClF3N4O2. The minimum absolute atomic E-state index is 0.0468. The predicted octanol–water partition coefficient (Wildman–Crippen LogP) is 5.91. The van der Waals surface area contributed by atoms with Gasteiger partial charge in [-0.2, -0.15) is 13.2 Å². The van der Waals surface area contributed by atoms with E-state index in [0.717, 1.165) is 23.3 Å². The zero-order chi connectivity index (χ0) is 22.9. The van der Waals surface area contributed by atoms with Crippen LogP contribution in [0.1, 0.15) is 5.56 Å². The Morgan fingerprint density at radius 3 is 2.28 bits per heavy atom. The molecule has 0 spiro atoms. The number of aromatic nitrogens is 2. The first-order valence-electron chi connectivity index (χ1n) is 9.23. The van der Waals surface area contributed by atoms with Gasteiger partial charge in [-0.1, -0.05) is 29.8 Å². The summed E-state index contributed by atoms with van der Waals surface area (Å²) in [5.41, 5.74) is 1.33. The fraction of sp³-hybridized carbons (Fsp3) is 0.0455. The Morgan fingerprint density at radius 1 is 0.906 bits per heavy atom. The van der Waals surface area contributed by atoms with E-state index in [9.17, 15) is 22.8 Å². The third-order valence-corrected chi connectivity index (χ3v) is 4.98. The number of hydrogen-bond donors (Lipinski definition) is 3. The lowest BCUT2D eigenvalue weighted by Gasteiger charge is -2.12. The number of carbonyl (C=O) groups is 1. The largest absolute Gasteiger partial charge is 0.417 e. The van der Waals surface area contributed by atoms with E-state index in [1.165, 1.54) is 12.4 Å². The van der Waals surface area contributed by atoms with Crippen molar-refractivity contribution < 1.29 is 18.0 Å². The summed E-state index contributed by atoms with van der Waals surface area (Å²) >= 11 is 5.58. The molecular weight excluding hydrogens is 445 g/mol. The van der Waals surface area contributed by atoms with Crippen LogP contribution in [0.15, 0.2) is 71.8 Å². The van der Waals surface area contributed by atoms with Gasteiger partial charge >= 0.3 is 12.2 Å². The predicted molar refractivity (Wildman–Crippen MR) is 117 cm³/mol. The van der Waals surface area contributed by atoms with Crippen LogP contribution in [0.4, 0.5) is 29.3 Å². The molecule has 3 aromatic carbocycles. The second-order valence-electron chi connectivity index (χ2n) is 6.81. The average Bonchev–Trinajstić information content (AvgIpc) is 2.75. The molecule has 3 N–H and O–H groups in total. The summed E-state index contributed by atoms with van der Waals surface area (Å²) < 4.78 is 38.9. The Labute approximate surface area is 184 Å². The maximum atomic E-state index is 13.0. The van der Waals surface area contributed by atoms with Crippen LogP contribution in [-0.4, -0.2) is 16.0 Å². The molecule has 162 valence electrons. The molecule has 0 aliphatic rings. The highest BCUT2D eigenvalue weighted by atomic mass is 35.5. The number of urea groups is 1. The van der Waals surface area contributed by atoms with Crippen LogP contribution in [-0.2, 0) is 6.18 Å². The molecule has 0 aliphatic carbocycles. The number of fused-ring (bicyclic) bond motifs is 1. The van der Waals surface area contributed by atoms with E-state index in [2.05, 4.69) is 20.6 Å². The Balaban J connectivity index is 1.47. The van der Waals surface area contributed by atoms with Crippen molar-refractivity contribution >= 4 is 39.9 Å². The van der Waals surface area contributed by atoms with Crippen LogP contribution in [0.5, 0.6) is 0 Å². The molecule has 2 amide bonds. The van der Waals surface area contributed by atoms with E-state index < -0.39 is 22.8 Å². The summed E-state index contributed by atoms with van der Waals surface area (Å²) in [4.78, 5) is 30.6. The van der Waals surface area contributed by atoms with E-state index in [1.54, 1.807) is 42.5 Å². The molecule has 1 aromatic heterocycles. The number of H-pyrrole nitrogens is 1. The van der Waals surface area contributed by atoms with Crippen LogP contribution in [0.25, 0.3) is 22.0 Å². The van der Waals surface area contributed by atoms with Crippen molar-refractivity contribution in [2.45, 2.75) is 6.18 Å². The molecule has 0 aliphatic heterocycles. The van der Waals surface area contributed by atoms with E-state index in [0.29, 0.717) is 16.6 Å². The second-order valence-corrected chi connectivity index (χ2v) is 7.22. The molecule has 0 saturated carbocycles. The minimum Gasteiger partial charge on any atom is -0.313 e. The number of nitrogens with zero attached hydrogens (tertiary/aromatic N) is 1. The highest BCUT2D eigenvalue weighted by Crippen LogP contribution is 2.36. The highest BCUT2D eigenvalue weighted by molar-refractivity contribution is 6.31. The molecule has 0 fully saturated rings. The number of anilines is 2. The molecule has 0 radical (unpaired) electrons. The first-order valence-corrected chi connectivity index (χ1v) is 9.61. The second kappa shape index (κ2) is 8.35. The molecule has 1 heterocycles. The number of nitrogens with one attached hydrogen (secondary N) is 3. The first kappa shape index (κ1) is 21.4. The van der Waals surface area contributed by atoms with Gasteiger partial charge in [0.15, 0.2) is 0 Å². The quantitative estimate of drug-likeness (QED) is 0.357. The van der Waals surface area contributed by atoms with E-state index >= 15 is 0 Å². The summed E-state index contributed by atoms with van der Waals surface area (Å²) in [6, 6.07) is 14.5. The third-order valence-electron chi connectivity index (χ3n) is 4.65. The smallest absolute Gasteiger partial charge is 0.313 e. The van der Waals surface area contributed by atoms with Crippen LogP contribution >= 0.6 is 11.6 Å². The van der Waals surface area contributed by atoms with Crippen LogP contribution in [0, 0.1) is 0 Å². The van der Waals surface area contributed by atoms with Crippen molar-refractivity contribution in [2.24, 2.45) is 0 Å². The number of amides is 2. The van der Waals surface area contributed by atoms with Gasteiger partial charge in [-0.25, -0.2) is 9.78 Å². The van der Waals surface area contributed by atoms with Gasteiger partial charge < -0.3 is 15.6 Å². The van der Waals surface area contributed by atoms with Gasteiger partial charge in [0.2, 0.25) is 0 Å². The van der Waals surface area contributed by atoms with Crippen molar-refractivity contribution in [3.63, 3.8) is 0 Å². The third kappa shape index (κ3) is 4.57. The van der Waals surface area contributed by atoms with Crippen molar-refractivity contribution in [1.29, 1.82) is 0 Å². The molecule has 0 atom stereocenters. The Bertz CT molecular complexity index is 1370. The summed E-state index contributed by atoms with van der Waals surface area (Å²) in [6.07, 6.45) is -3.30. The maximum Gasteiger partial charge on any atom is 0.417 e. The van der Waals surface area contributed by atoms with Gasteiger partial charge in [-0.15, -0.1) is 0 Å². The van der Waals surface area contributed by atoms with Gasteiger partial charge in [-0.05, 0) is 53.6 Å². The molecule has 0 saturated heterocycles. The lowest BCUT2D eigenvalue weighted by molar-refractivity contribution is -0.137. The topological polar surface area (TPSA) is 86.9 Å². The number of benzene rings is 3. The minimum atomic E-state index is -4.63. The monoisotopic (exact) mass is 458 g/mol. The fourth-order valence-electron chi connectivity index (χ4n) is 3.11. The van der Waals surface area contributed by atoms with Crippen LogP contribution in [0.2, 0.25) is 5.02 Å². The summed E-state index contributed by atoms with van der Waals surface area (Å²) in [5, 5.41) is 4.93. The Hall–Kier alpha value is -3.85. The number of rotatable bonds is 3. The van der Waals surface area contributed by atoms with Crippen molar-refractivity contribution in [3.8, 4) is 11.1 Å². The van der Waals surface area contributed by atoms with E-state index in [-0.39, 0.29) is 11.2 Å². The van der Waals surface area contributed by atoms with Crippen LogP contribution < -0.4 is 16.2 Å². The molecule has 4 rings (SSSR count). The SMILES string of the molecule is O=C(Nc1ccc(-c2ccc3c(=O)[nH]cnc3c2)cc1)Nc1ccc(Cl)c(C(F)(F)F)c1. The Kier molecular flexibility index (Phi) is 5.58. The molecule has 0 bridgehead atoms. The van der Waals surface area contributed by atoms with Gasteiger partial charge in [-0.3, -0.25) is 4.79 Å². The van der Waals surface area contributed by atoms with Gasteiger partial charge in [0, 0.05) is 11.4 Å². The number of halogens is 4. The standard InChI is InChI=1S/C22H14ClF3N4O2/c23-18-8-6-15(10-17(18)22(24,25)26)30-21(32)29-14-4-1-12(2-5-14)13-3-7-16-19(9-13)27-11-28-20(16)31/h1-11H,(H,27,28,31)(H2,29,30,32). The van der Waals surface area contributed by atoms with Crippen molar-refractivity contribution in [3.05, 3.63) is 87.9 Å². The zero-order valence-corrected chi connectivity index (χ0v) is 16.9. The molecule has 10 heteroatoms. The van der Waals surface area contributed by atoms with Gasteiger partial charge in [0.05, 0.1) is 27.8 Å². The number of aromatic amines is 1. The van der Waals surface area contributed by atoms with Crippen LogP contribution in [0.3, 0.4) is 0 Å². The summed E-state index contributed by atoms with van der Waals surface area (Å²) in [5.74, 6) is 0. The lowest BCUT2D eigenvalue weighted by Crippen LogP contribution is -2.19.